The average Bonchev–Trinajstić information content (AvgIpc) is 3.58. The number of rotatable bonds is 5. The van der Waals surface area contributed by atoms with E-state index in [1.165, 1.54) is 12.0 Å². The standard InChI is InChI=1S/C27H37N3O3/c1-33-24-10-6-5-9-22(24)20-28-15-17-30(18-16-28)26(32)23-19-27(23)11-13-29(14-12-27)25(31)21-7-3-2-4-8-21/h5-7,9-10,23H,2-4,8,11-20H2,1H3. The Bertz CT molecular complexity index is 911. The van der Waals surface area contributed by atoms with Gasteiger partial charge in [0, 0.05) is 62.9 Å². The van der Waals surface area contributed by atoms with Crippen LogP contribution in [0.15, 0.2) is 35.9 Å². The summed E-state index contributed by atoms with van der Waals surface area (Å²) in [7, 11) is 1.72. The van der Waals surface area contributed by atoms with Gasteiger partial charge >= 0.3 is 0 Å². The van der Waals surface area contributed by atoms with Gasteiger partial charge in [-0.05, 0) is 56.4 Å². The molecule has 0 N–H and O–H groups in total. The average molecular weight is 452 g/mol. The second-order valence-corrected chi connectivity index (χ2v) is 10.3. The van der Waals surface area contributed by atoms with Crippen LogP contribution in [0.2, 0.25) is 0 Å². The molecular weight excluding hydrogens is 414 g/mol. The number of hydrogen-bond acceptors (Lipinski definition) is 4. The smallest absolute Gasteiger partial charge is 0.249 e. The van der Waals surface area contributed by atoms with Gasteiger partial charge in [-0.25, -0.2) is 0 Å². The number of benzene rings is 1. The first-order valence-corrected chi connectivity index (χ1v) is 12.7. The third-order valence-electron chi connectivity index (χ3n) is 8.37. The Morgan fingerprint density at radius 2 is 1.76 bits per heavy atom. The van der Waals surface area contributed by atoms with Gasteiger partial charge in [-0.1, -0.05) is 24.3 Å². The van der Waals surface area contributed by atoms with Gasteiger partial charge in [-0.2, -0.15) is 0 Å². The number of ether oxygens (including phenoxy) is 1. The maximum atomic E-state index is 13.3. The van der Waals surface area contributed by atoms with E-state index in [-0.39, 0.29) is 17.2 Å². The summed E-state index contributed by atoms with van der Waals surface area (Å²) >= 11 is 0. The van der Waals surface area contributed by atoms with Crippen LogP contribution in [-0.4, -0.2) is 72.9 Å². The van der Waals surface area contributed by atoms with Crippen molar-refractivity contribution < 1.29 is 14.3 Å². The molecule has 2 aliphatic carbocycles. The molecule has 1 spiro atoms. The van der Waals surface area contributed by atoms with E-state index in [2.05, 4.69) is 28.0 Å². The molecule has 2 heterocycles. The van der Waals surface area contributed by atoms with Crippen molar-refractivity contribution in [2.45, 2.75) is 51.5 Å². The molecule has 6 nitrogen and oxygen atoms in total. The Morgan fingerprint density at radius 1 is 1.00 bits per heavy atom. The van der Waals surface area contributed by atoms with Crippen LogP contribution in [-0.2, 0) is 16.1 Å². The quantitative estimate of drug-likeness (QED) is 0.688. The monoisotopic (exact) mass is 451 g/mol. The first kappa shape index (κ1) is 22.5. The Kier molecular flexibility index (Phi) is 6.46. The minimum Gasteiger partial charge on any atom is -0.496 e. The summed E-state index contributed by atoms with van der Waals surface area (Å²) in [5, 5.41) is 0. The number of piperidine rings is 1. The summed E-state index contributed by atoms with van der Waals surface area (Å²) in [5.74, 6) is 1.70. The summed E-state index contributed by atoms with van der Waals surface area (Å²) in [6.07, 6.45) is 9.44. The Morgan fingerprint density at radius 3 is 2.45 bits per heavy atom. The first-order chi connectivity index (χ1) is 16.1. The number of para-hydroxylation sites is 1. The molecule has 1 aromatic rings. The van der Waals surface area contributed by atoms with Crippen LogP contribution < -0.4 is 4.74 Å². The van der Waals surface area contributed by atoms with Crippen molar-refractivity contribution in [3.05, 3.63) is 41.5 Å². The number of amides is 2. The van der Waals surface area contributed by atoms with Crippen molar-refractivity contribution in [2.24, 2.45) is 11.3 Å². The molecule has 0 bridgehead atoms. The van der Waals surface area contributed by atoms with E-state index in [9.17, 15) is 9.59 Å². The van der Waals surface area contributed by atoms with Crippen molar-refractivity contribution in [2.75, 3.05) is 46.4 Å². The third kappa shape index (κ3) is 4.68. The Hall–Kier alpha value is -2.34. The summed E-state index contributed by atoms with van der Waals surface area (Å²) in [6, 6.07) is 8.17. The van der Waals surface area contributed by atoms with E-state index in [1.807, 2.05) is 17.0 Å². The van der Waals surface area contributed by atoms with Gasteiger partial charge in [0.2, 0.25) is 11.8 Å². The molecule has 6 heteroatoms. The molecule has 1 aromatic carbocycles. The predicted molar refractivity (Wildman–Crippen MR) is 128 cm³/mol. The molecule has 33 heavy (non-hydrogen) atoms. The number of likely N-dealkylation sites (tertiary alicyclic amines) is 1. The highest BCUT2D eigenvalue weighted by molar-refractivity contribution is 5.93. The fourth-order valence-electron chi connectivity index (χ4n) is 6.06. The van der Waals surface area contributed by atoms with E-state index < -0.39 is 0 Å². The molecule has 2 amide bonds. The molecule has 2 saturated heterocycles. The van der Waals surface area contributed by atoms with Gasteiger partial charge in [-0.3, -0.25) is 14.5 Å². The molecule has 4 aliphatic rings. The Labute approximate surface area is 197 Å². The van der Waals surface area contributed by atoms with Crippen LogP contribution in [0.1, 0.15) is 50.5 Å². The number of carbonyl (C=O) groups is 2. The first-order valence-electron chi connectivity index (χ1n) is 12.7. The van der Waals surface area contributed by atoms with Gasteiger partial charge in [-0.15, -0.1) is 0 Å². The largest absolute Gasteiger partial charge is 0.496 e. The zero-order chi connectivity index (χ0) is 22.8. The van der Waals surface area contributed by atoms with E-state index in [4.69, 9.17) is 4.74 Å². The lowest BCUT2D eigenvalue weighted by Crippen LogP contribution is -2.49. The zero-order valence-electron chi connectivity index (χ0n) is 19.9. The van der Waals surface area contributed by atoms with Crippen molar-refractivity contribution in [1.82, 2.24) is 14.7 Å². The highest BCUT2D eigenvalue weighted by Crippen LogP contribution is 2.60. The number of piperazine rings is 1. The van der Waals surface area contributed by atoms with Crippen molar-refractivity contribution in [3.63, 3.8) is 0 Å². The van der Waals surface area contributed by atoms with Crippen molar-refractivity contribution >= 4 is 11.8 Å². The second-order valence-electron chi connectivity index (χ2n) is 10.3. The topological polar surface area (TPSA) is 53.1 Å². The number of methoxy groups -OCH3 is 1. The summed E-state index contributed by atoms with van der Waals surface area (Å²) < 4.78 is 5.49. The minimum absolute atomic E-state index is 0.156. The maximum absolute atomic E-state index is 13.3. The lowest BCUT2D eigenvalue weighted by atomic mass is 9.89. The van der Waals surface area contributed by atoms with Crippen molar-refractivity contribution in [3.8, 4) is 5.75 Å². The molecule has 1 unspecified atom stereocenters. The van der Waals surface area contributed by atoms with Gasteiger partial charge in [0.25, 0.3) is 0 Å². The zero-order valence-corrected chi connectivity index (χ0v) is 19.9. The van der Waals surface area contributed by atoms with Crippen LogP contribution in [0.4, 0.5) is 0 Å². The van der Waals surface area contributed by atoms with E-state index >= 15 is 0 Å². The number of carbonyl (C=O) groups excluding carboxylic acids is 2. The highest BCUT2D eigenvalue weighted by Gasteiger charge is 2.59. The van der Waals surface area contributed by atoms with Gasteiger partial charge in [0.15, 0.2) is 0 Å². The lowest BCUT2D eigenvalue weighted by Gasteiger charge is -2.37. The number of nitrogens with zero attached hydrogens (tertiary/aromatic N) is 3. The molecule has 0 radical (unpaired) electrons. The predicted octanol–water partition coefficient (Wildman–Crippen LogP) is 3.47. The van der Waals surface area contributed by atoms with Gasteiger partial charge < -0.3 is 14.5 Å². The van der Waals surface area contributed by atoms with E-state index in [0.29, 0.717) is 5.91 Å². The fraction of sp³-hybridized carbons (Fsp3) is 0.630. The van der Waals surface area contributed by atoms with Crippen LogP contribution in [0.5, 0.6) is 5.75 Å². The van der Waals surface area contributed by atoms with E-state index in [0.717, 1.165) is 95.7 Å². The third-order valence-corrected chi connectivity index (χ3v) is 8.37. The van der Waals surface area contributed by atoms with Crippen molar-refractivity contribution in [1.29, 1.82) is 0 Å². The van der Waals surface area contributed by atoms with Crippen LogP contribution in [0.3, 0.4) is 0 Å². The lowest BCUT2D eigenvalue weighted by molar-refractivity contribution is -0.135. The number of hydrogen-bond donors (Lipinski definition) is 0. The molecule has 3 fully saturated rings. The molecule has 0 aromatic heterocycles. The SMILES string of the molecule is COc1ccccc1CN1CCN(C(=O)C2CC23CCN(C(=O)C2=CCCCC2)CC3)CC1. The maximum Gasteiger partial charge on any atom is 0.249 e. The highest BCUT2D eigenvalue weighted by atomic mass is 16.5. The fourth-order valence-corrected chi connectivity index (χ4v) is 6.06. The molecule has 1 saturated carbocycles. The van der Waals surface area contributed by atoms with Crippen LogP contribution >= 0.6 is 0 Å². The normalized spacial score (nSPS) is 25.0. The van der Waals surface area contributed by atoms with Gasteiger partial charge in [0.1, 0.15) is 5.75 Å². The van der Waals surface area contributed by atoms with Crippen LogP contribution in [0, 0.1) is 11.3 Å². The summed E-state index contributed by atoms with van der Waals surface area (Å²) in [6.45, 7) is 5.90. The molecule has 5 rings (SSSR count). The second kappa shape index (κ2) is 9.49. The molecule has 1 atom stereocenters. The van der Waals surface area contributed by atoms with Gasteiger partial charge in [0.05, 0.1) is 7.11 Å². The van der Waals surface area contributed by atoms with E-state index in [1.54, 1.807) is 7.11 Å². The number of allylic oxidation sites excluding steroid dienone is 1. The minimum atomic E-state index is 0.156. The molecule has 178 valence electrons. The molecule has 2 aliphatic heterocycles. The van der Waals surface area contributed by atoms with Crippen LogP contribution in [0.25, 0.3) is 0 Å². The Balaban J connectivity index is 1.09. The molecular formula is C27H37N3O3. The summed E-state index contributed by atoms with van der Waals surface area (Å²) in [5.41, 5.74) is 2.38. The summed E-state index contributed by atoms with van der Waals surface area (Å²) in [4.78, 5) is 32.6.